The van der Waals surface area contributed by atoms with Gasteiger partial charge in [0.05, 0.1) is 0 Å². The Balaban J connectivity index is 3.37. The van der Waals surface area contributed by atoms with Gasteiger partial charge in [0.15, 0.2) is 0 Å². The molecule has 0 radical (unpaired) electrons. The third-order valence-electron chi connectivity index (χ3n) is 0.514. The summed E-state index contributed by atoms with van der Waals surface area (Å²) in [7, 11) is 1.48. The van der Waals surface area contributed by atoms with E-state index in [-0.39, 0.29) is 5.91 Å². The lowest BCUT2D eigenvalue weighted by Crippen LogP contribution is -1.84. The predicted octanol–water partition coefficient (Wildman–Crippen LogP) is 1.00. The zero-order valence-electron chi connectivity index (χ0n) is 4.51. The highest BCUT2D eigenvalue weighted by molar-refractivity contribution is 5.75. The minimum Gasteiger partial charge on any atom is -0.271 e. The van der Waals surface area contributed by atoms with E-state index in [2.05, 4.69) is 10.2 Å². The molecule has 3 heteroatoms. The number of amides is 1. The number of carbonyl (C=O) groups is 1. The Bertz CT molecular complexity index is 87.7. The van der Waals surface area contributed by atoms with Gasteiger partial charge < -0.3 is 0 Å². The third kappa shape index (κ3) is 3.09. The fourth-order valence-electron chi connectivity index (χ4n) is 0.182. The van der Waals surface area contributed by atoms with E-state index in [1.165, 1.54) is 7.05 Å². The molecule has 0 saturated carbocycles. The fourth-order valence-corrected chi connectivity index (χ4v) is 0.182. The van der Waals surface area contributed by atoms with Crippen molar-refractivity contribution >= 4 is 5.91 Å². The van der Waals surface area contributed by atoms with E-state index in [9.17, 15) is 4.79 Å². The van der Waals surface area contributed by atoms with Crippen LogP contribution in [0, 0.1) is 0 Å². The molecule has 0 aromatic rings. The maximum atomic E-state index is 10.2. The molecule has 0 aliphatic heterocycles. The first-order chi connectivity index (χ1) is 3.31. The summed E-state index contributed by atoms with van der Waals surface area (Å²) in [4.78, 5) is 10.2. The zero-order valence-corrected chi connectivity index (χ0v) is 4.51. The van der Waals surface area contributed by atoms with Crippen molar-refractivity contribution in [3.05, 3.63) is 0 Å². The minimum absolute atomic E-state index is 0.164. The summed E-state index contributed by atoms with van der Waals surface area (Å²) in [6.07, 6.45) is 0.442. The van der Waals surface area contributed by atoms with Crippen molar-refractivity contribution in [2.45, 2.75) is 13.3 Å². The predicted molar refractivity (Wildman–Crippen MR) is 26.1 cm³/mol. The van der Waals surface area contributed by atoms with Crippen LogP contribution in [0.2, 0.25) is 0 Å². The van der Waals surface area contributed by atoms with E-state index in [1.54, 1.807) is 6.92 Å². The molecule has 0 atom stereocenters. The van der Waals surface area contributed by atoms with Crippen LogP contribution < -0.4 is 0 Å². The van der Waals surface area contributed by atoms with Crippen LogP contribution in [0.25, 0.3) is 0 Å². The van der Waals surface area contributed by atoms with Crippen molar-refractivity contribution in [1.82, 2.24) is 0 Å². The second-order valence-electron chi connectivity index (χ2n) is 1.05. The van der Waals surface area contributed by atoms with E-state index in [1.807, 2.05) is 0 Å². The molecular formula is C4H8N2O. The molecule has 0 saturated heterocycles. The van der Waals surface area contributed by atoms with Crippen LogP contribution in [0.3, 0.4) is 0 Å². The molecule has 0 aliphatic carbocycles. The standard InChI is InChI=1S/C4H8N2O/c1-3-4(7)6-5-2/h3H2,1-2H3/b6-5-. The summed E-state index contributed by atoms with van der Waals surface area (Å²) in [5.41, 5.74) is 0. The number of hydrogen-bond donors (Lipinski definition) is 0. The maximum Gasteiger partial charge on any atom is 0.264 e. The summed E-state index contributed by atoms with van der Waals surface area (Å²) in [6.45, 7) is 1.75. The summed E-state index contributed by atoms with van der Waals surface area (Å²) < 4.78 is 0. The monoisotopic (exact) mass is 100 g/mol. The summed E-state index contributed by atoms with van der Waals surface area (Å²) in [5.74, 6) is -0.164. The molecule has 1 amide bonds. The van der Waals surface area contributed by atoms with Gasteiger partial charge in [-0.25, -0.2) is 0 Å². The van der Waals surface area contributed by atoms with Crippen molar-refractivity contribution < 1.29 is 4.79 Å². The zero-order chi connectivity index (χ0) is 5.70. The molecule has 0 heterocycles. The lowest BCUT2D eigenvalue weighted by Gasteiger charge is -1.76. The highest BCUT2D eigenvalue weighted by Gasteiger charge is 1.87. The van der Waals surface area contributed by atoms with Crippen LogP contribution in [0.15, 0.2) is 10.2 Å². The largest absolute Gasteiger partial charge is 0.271 e. The summed E-state index contributed by atoms with van der Waals surface area (Å²) >= 11 is 0. The Kier molecular flexibility index (Phi) is 3.10. The molecular weight excluding hydrogens is 92.1 g/mol. The van der Waals surface area contributed by atoms with Crippen LogP contribution in [-0.4, -0.2) is 13.0 Å². The molecule has 0 spiro atoms. The molecule has 0 bridgehead atoms. The van der Waals surface area contributed by atoms with E-state index in [0.29, 0.717) is 6.42 Å². The quantitative estimate of drug-likeness (QED) is 0.453. The lowest BCUT2D eigenvalue weighted by molar-refractivity contribution is -0.118. The van der Waals surface area contributed by atoms with Crippen molar-refractivity contribution in [3.63, 3.8) is 0 Å². The van der Waals surface area contributed by atoms with Crippen molar-refractivity contribution in [2.75, 3.05) is 7.05 Å². The van der Waals surface area contributed by atoms with E-state index in [0.717, 1.165) is 0 Å². The Morgan fingerprint density at radius 3 is 2.43 bits per heavy atom. The van der Waals surface area contributed by atoms with Gasteiger partial charge in [0, 0.05) is 13.5 Å². The SMILES string of the molecule is CCC(=O)/N=N\C. The van der Waals surface area contributed by atoms with Crippen LogP contribution in [-0.2, 0) is 4.79 Å². The maximum absolute atomic E-state index is 10.2. The molecule has 0 aromatic carbocycles. The molecule has 0 rings (SSSR count). The number of azo groups is 1. The Labute approximate surface area is 42.4 Å². The first-order valence-corrected chi connectivity index (χ1v) is 2.14. The van der Waals surface area contributed by atoms with Crippen LogP contribution >= 0.6 is 0 Å². The van der Waals surface area contributed by atoms with Gasteiger partial charge in [-0.2, -0.15) is 5.11 Å². The average Bonchev–Trinajstić information content (AvgIpc) is 1.68. The first kappa shape index (κ1) is 6.27. The second-order valence-corrected chi connectivity index (χ2v) is 1.05. The molecule has 0 aliphatic rings. The van der Waals surface area contributed by atoms with Gasteiger partial charge in [0.25, 0.3) is 5.91 Å². The highest BCUT2D eigenvalue weighted by atomic mass is 16.1. The molecule has 40 valence electrons. The van der Waals surface area contributed by atoms with Crippen LogP contribution in [0.4, 0.5) is 0 Å². The summed E-state index contributed by atoms with van der Waals surface area (Å²) in [5, 5.41) is 6.51. The molecule has 0 N–H and O–H groups in total. The van der Waals surface area contributed by atoms with Gasteiger partial charge in [-0.3, -0.25) is 4.79 Å². The third-order valence-corrected chi connectivity index (χ3v) is 0.514. The Morgan fingerprint density at radius 2 is 2.29 bits per heavy atom. The number of hydrogen-bond acceptors (Lipinski definition) is 2. The van der Waals surface area contributed by atoms with Crippen LogP contribution in [0.1, 0.15) is 13.3 Å². The van der Waals surface area contributed by atoms with Gasteiger partial charge in [-0.05, 0) is 0 Å². The minimum atomic E-state index is -0.164. The van der Waals surface area contributed by atoms with Crippen molar-refractivity contribution in [1.29, 1.82) is 0 Å². The first-order valence-electron chi connectivity index (χ1n) is 2.14. The van der Waals surface area contributed by atoms with Gasteiger partial charge >= 0.3 is 0 Å². The molecule has 3 nitrogen and oxygen atoms in total. The highest BCUT2D eigenvalue weighted by Crippen LogP contribution is 1.80. The van der Waals surface area contributed by atoms with E-state index < -0.39 is 0 Å². The number of rotatable bonds is 1. The average molecular weight is 100 g/mol. The smallest absolute Gasteiger partial charge is 0.264 e. The van der Waals surface area contributed by atoms with Gasteiger partial charge in [0.2, 0.25) is 0 Å². The molecule has 0 fully saturated rings. The van der Waals surface area contributed by atoms with E-state index in [4.69, 9.17) is 0 Å². The van der Waals surface area contributed by atoms with Gasteiger partial charge in [-0.1, -0.05) is 6.92 Å². The van der Waals surface area contributed by atoms with E-state index >= 15 is 0 Å². The molecule has 7 heavy (non-hydrogen) atoms. The van der Waals surface area contributed by atoms with Gasteiger partial charge in [0.1, 0.15) is 0 Å². The van der Waals surface area contributed by atoms with Crippen molar-refractivity contribution in [3.8, 4) is 0 Å². The Morgan fingerprint density at radius 1 is 1.71 bits per heavy atom. The lowest BCUT2D eigenvalue weighted by atomic mass is 10.5. The summed E-state index contributed by atoms with van der Waals surface area (Å²) in [6, 6.07) is 0. The van der Waals surface area contributed by atoms with Gasteiger partial charge in [-0.15, -0.1) is 5.11 Å². The normalized spacial score (nSPS) is 10.0. The van der Waals surface area contributed by atoms with Crippen LogP contribution in [0.5, 0.6) is 0 Å². The fraction of sp³-hybridized carbons (Fsp3) is 0.750. The number of nitrogens with zero attached hydrogens (tertiary/aromatic N) is 2. The molecule has 0 unspecified atom stereocenters. The Hall–Kier alpha value is -0.730. The second kappa shape index (κ2) is 3.46. The number of carbonyl (C=O) groups excluding carboxylic acids is 1. The van der Waals surface area contributed by atoms with Crippen molar-refractivity contribution in [2.24, 2.45) is 10.2 Å². The molecule has 0 aromatic heterocycles. The topological polar surface area (TPSA) is 41.8 Å².